The third kappa shape index (κ3) is 2.52. The number of hydrogen-bond acceptors (Lipinski definition) is 4. The zero-order valence-corrected chi connectivity index (χ0v) is 11.8. The lowest BCUT2D eigenvalue weighted by molar-refractivity contribution is -0.138. The van der Waals surface area contributed by atoms with E-state index in [1.165, 1.54) is 24.0 Å². The van der Waals surface area contributed by atoms with Crippen molar-refractivity contribution in [3.05, 3.63) is 23.8 Å². The van der Waals surface area contributed by atoms with Gasteiger partial charge in [-0.2, -0.15) is 4.72 Å². The Kier molecular flexibility index (Phi) is 3.53. The quantitative estimate of drug-likeness (QED) is 0.811. The van der Waals surface area contributed by atoms with E-state index >= 15 is 0 Å². The van der Waals surface area contributed by atoms with Crippen molar-refractivity contribution >= 4 is 27.6 Å². The number of hydrogen-bond donors (Lipinski definition) is 2. The molecule has 1 aliphatic heterocycles. The fourth-order valence-corrected chi connectivity index (χ4v) is 3.21. The van der Waals surface area contributed by atoms with Crippen LogP contribution in [0.15, 0.2) is 23.1 Å². The van der Waals surface area contributed by atoms with Crippen LogP contribution in [0.25, 0.3) is 0 Å². The molecule has 0 saturated heterocycles. The Labute approximate surface area is 116 Å². The number of aliphatic carboxylic acids is 1. The van der Waals surface area contributed by atoms with Gasteiger partial charge in [0, 0.05) is 12.7 Å². The molecule has 0 fully saturated rings. The first-order chi connectivity index (χ1) is 9.22. The van der Waals surface area contributed by atoms with Crippen LogP contribution in [0, 0.1) is 0 Å². The van der Waals surface area contributed by atoms with E-state index in [9.17, 15) is 18.0 Å². The van der Waals surface area contributed by atoms with Crippen LogP contribution in [0.3, 0.4) is 0 Å². The van der Waals surface area contributed by atoms with E-state index < -0.39 is 22.0 Å². The number of nitrogens with zero attached hydrogens (tertiary/aromatic N) is 1. The number of carboxylic acids is 1. The Balaban J connectivity index is 2.34. The number of sulfonamides is 1. The second-order valence-electron chi connectivity index (χ2n) is 4.60. The van der Waals surface area contributed by atoms with Crippen LogP contribution >= 0.6 is 0 Å². The predicted molar refractivity (Wildman–Crippen MR) is 71.0 cm³/mol. The molecule has 108 valence electrons. The van der Waals surface area contributed by atoms with Crippen molar-refractivity contribution in [1.29, 1.82) is 0 Å². The van der Waals surface area contributed by atoms with Gasteiger partial charge in [-0.3, -0.25) is 9.59 Å². The Morgan fingerprint density at radius 2 is 2.10 bits per heavy atom. The summed E-state index contributed by atoms with van der Waals surface area (Å²) in [7, 11) is -2.30. The molecule has 1 amide bonds. The van der Waals surface area contributed by atoms with Gasteiger partial charge in [-0.1, -0.05) is 0 Å². The molecule has 20 heavy (non-hydrogen) atoms. The maximum atomic E-state index is 12.0. The Morgan fingerprint density at radius 1 is 1.45 bits per heavy atom. The Morgan fingerprint density at radius 3 is 2.70 bits per heavy atom. The van der Waals surface area contributed by atoms with Crippen LogP contribution < -0.4 is 9.62 Å². The van der Waals surface area contributed by atoms with Crippen LogP contribution in [-0.4, -0.2) is 38.5 Å². The van der Waals surface area contributed by atoms with Crippen molar-refractivity contribution in [2.45, 2.75) is 24.3 Å². The number of carbonyl (C=O) groups excluding carboxylic acids is 1. The largest absolute Gasteiger partial charge is 0.480 e. The van der Waals surface area contributed by atoms with Crippen LogP contribution in [0.2, 0.25) is 0 Å². The molecule has 7 nitrogen and oxygen atoms in total. The van der Waals surface area contributed by atoms with Gasteiger partial charge in [0.05, 0.1) is 11.3 Å². The maximum Gasteiger partial charge on any atom is 0.321 e. The molecule has 0 aromatic heterocycles. The van der Waals surface area contributed by atoms with E-state index in [4.69, 9.17) is 5.11 Å². The average Bonchev–Trinajstić information content (AvgIpc) is 2.64. The fourth-order valence-electron chi connectivity index (χ4n) is 1.96. The van der Waals surface area contributed by atoms with Gasteiger partial charge in [0.25, 0.3) is 0 Å². The fraction of sp³-hybridized carbons (Fsp3) is 0.333. The number of carboxylic acid groups (broad SMARTS) is 1. The number of rotatable bonds is 4. The normalized spacial score (nSPS) is 16.1. The summed E-state index contributed by atoms with van der Waals surface area (Å²) in [4.78, 5) is 23.7. The summed E-state index contributed by atoms with van der Waals surface area (Å²) in [5.41, 5.74) is 1.28. The number of nitrogens with one attached hydrogen (secondary N) is 1. The second-order valence-corrected chi connectivity index (χ2v) is 6.32. The highest BCUT2D eigenvalue weighted by Crippen LogP contribution is 2.29. The predicted octanol–water partition coefficient (Wildman–Crippen LogP) is -0.0431. The van der Waals surface area contributed by atoms with E-state index in [-0.39, 0.29) is 17.2 Å². The van der Waals surface area contributed by atoms with Gasteiger partial charge in [-0.25, -0.2) is 8.42 Å². The number of amides is 1. The molecule has 1 atom stereocenters. The number of fused-ring (bicyclic) bond motifs is 1. The zero-order valence-electron chi connectivity index (χ0n) is 11.0. The average molecular weight is 298 g/mol. The minimum Gasteiger partial charge on any atom is -0.480 e. The van der Waals surface area contributed by atoms with Crippen molar-refractivity contribution in [1.82, 2.24) is 4.72 Å². The van der Waals surface area contributed by atoms with Crippen LogP contribution in [0.1, 0.15) is 12.5 Å². The van der Waals surface area contributed by atoms with Crippen LogP contribution in [0.5, 0.6) is 0 Å². The lowest BCUT2D eigenvalue weighted by Crippen LogP contribution is -2.38. The molecule has 1 aromatic carbocycles. The van der Waals surface area contributed by atoms with E-state index in [1.807, 2.05) is 0 Å². The molecule has 0 radical (unpaired) electrons. The molecule has 1 aromatic rings. The van der Waals surface area contributed by atoms with Crippen molar-refractivity contribution in [2.24, 2.45) is 0 Å². The zero-order chi connectivity index (χ0) is 15.1. The number of carbonyl (C=O) groups is 2. The lowest BCUT2D eigenvalue weighted by atomic mass is 10.2. The van der Waals surface area contributed by atoms with Crippen molar-refractivity contribution < 1.29 is 23.1 Å². The minimum atomic E-state index is -3.92. The summed E-state index contributed by atoms with van der Waals surface area (Å²) >= 11 is 0. The first-order valence-electron chi connectivity index (χ1n) is 5.87. The van der Waals surface area contributed by atoms with E-state index in [1.54, 1.807) is 13.1 Å². The van der Waals surface area contributed by atoms with Gasteiger partial charge in [0.2, 0.25) is 15.9 Å². The monoisotopic (exact) mass is 298 g/mol. The Bertz CT molecular complexity index is 683. The minimum absolute atomic E-state index is 0.0487. The molecule has 0 aliphatic carbocycles. The van der Waals surface area contributed by atoms with E-state index in [0.29, 0.717) is 11.3 Å². The Hall–Kier alpha value is -1.93. The first-order valence-corrected chi connectivity index (χ1v) is 7.35. The van der Waals surface area contributed by atoms with Gasteiger partial charge in [-0.15, -0.1) is 0 Å². The summed E-state index contributed by atoms with van der Waals surface area (Å²) in [5.74, 6) is -1.37. The SMILES string of the molecule is C[C@H](NS(=O)(=O)c1ccc2c(c1)CC(=O)N2C)C(=O)O. The van der Waals surface area contributed by atoms with Gasteiger partial charge in [0.1, 0.15) is 6.04 Å². The van der Waals surface area contributed by atoms with Gasteiger partial charge >= 0.3 is 5.97 Å². The van der Waals surface area contributed by atoms with E-state index in [2.05, 4.69) is 4.72 Å². The lowest BCUT2D eigenvalue weighted by Gasteiger charge is -2.12. The topological polar surface area (TPSA) is 104 Å². The van der Waals surface area contributed by atoms with E-state index in [0.717, 1.165) is 0 Å². The molecule has 0 unspecified atom stereocenters. The second kappa shape index (κ2) is 4.88. The molecule has 0 saturated carbocycles. The van der Waals surface area contributed by atoms with Crippen LogP contribution in [-0.2, 0) is 26.0 Å². The van der Waals surface area contributed by atoms with Crippen LogP contribution in [0.4, 0.5) is 5.69 Å². The molecule has 0 spiro atoms. The molecule has 0 bridgehead atoms. The third-order valence-electron chi connectivity index (χ3n) is 3.14. The molecule has 1 heterocycles. The molecule has 2 N–H and O–H groups in total. The number of benzene rings is 1. The van der Waals surface area contributed by atoms with Gasteiger partial charge in [-0.05, 0) is 30.7 Å². The smallest absolute Gasteiger partial charge is 0.321 e. The van der Waals surface area contributed by atoms with Crippen molar-refractivity contribution in [3.63, 3.8) is 0 Å². The molecular formula is C12H14N2O5S. The third-order valence-corrected chi connectivity index (χ3v) is 4.68. The van der Waals surface area contributed by atoms with Crippen molar-refractivity contribution in [3.8, 4) is 0 Å². The first kappa shape index (κ1) is 14.5. The summed E-state index contributed by atoms with van der Waals surface area (Å²) in [6, 6.07) is 3.07. The standard InChI is InChI=1S/C12H14N2O5S/c1-7(12(16)17)13-20(18,19)9-3-4-10-8(5-9)6-11(15)14(10)2/h3-5,7,13H,6H2,1-2H3,(H,16,17)/t7-/m0/s1. The molecule has 1 aliphatic rings. The highest BCUT2D eigenvalue weighted by Gasteiger charge is 2.27. The summed E-state index contributed by atoms with van der Waals surface area (Å²) in [5, 5.41) is 8.74. The highest BCUT2D eigenvalue weighted by atomic mass is 32.2. The number of anilines is 1. The van der Waals surface area contributed by atoms with Crippen molar-refractivity contribution in [2.75, 3.05) is 11.9 Å². The summed E-state index contributed by atoms with van der Waals surface area (Å²) in [6.07, 6.45) is 0.143. The highest BCUT2D eigenvalue weighted by molar-refractivity contribution is 7.89. The van der Waals surface area contributed by atoms with Gasteiger partial charge < -0.3 is 10.0 Å². The maximum absolute atomic E-state index is 12.0. The summed E-state index contributed by atoms with van der Waals surface area (Å²) in [6.45, 7) is 1.24. The molecule has 2 rings (SSSR count). The molecular weight excluding hydrogens is 284 g/mol. The molecule has 8 heteroatoms. The number of likely N-dealkylation sites (N-methyl/N-ethyl adjacent to an activating group) is 1. The summed E-state index contributed by atoms with van der Waals surface area (Å²) < 4.78 is 26.1. The van der Waals surface area contributed by atoms with Gasteiger partial charge in [0.15, 0.2) is 0 Å².